The van der Waals surface area contributed by atoms with E-state index in [1.54, 1.807) is 34.6 Å². The van der Waals surface area contributed by atoms with Crippen LogP contribution in [0, 0.1) is 11.3 Å². The molecule has 0 radical (unpaired) electrons. The number of hydrogen-bond donors (Lipinski definition) is 1. The minimum Gasteiger partial charge on any atom is -0.462 e. The molecule has 0 aromatic carbocycles. The van der Waals surface area contributed by atoms with Gasteiger partial charge in [-0.15, -0.1) is 0 Å². The summed E-state index contributed by atoms with van der Waals surface area (Å²) in [5, 5.41) is 8.92. The minimum absolute atomic E-state index is 0.0356. The van der Waals surface area contributed by atoms with Gasteiger partial charge in [0.25, 0.3) is 0 Å². The number of hydrogen-bond acceptors (Lipinski definition) is 3. The zero-order chi connectivity index (χ0) is 17.1. The molecule has 0 aromatic rings. The predicted molar refractivity (Wildman–Crippen MR) is 70.1 cm³/mol. The van der Waals surface area contributed by atoms with E-state index in [4.69, 9.17) is 9.84 Å². The maximum atomic E-state index is 13.4. The van der Waals surface area contributed by atoms with Gasteiger partial charge < -0.3 is 9.84 Å². The van der Waals surface area contributed by atoms with Gasteiger partial charge in [-0.25, -0.2) is 4.39 Å². The Labute approximate surface area is 122 Å². The molecule has 2 unspecified atom stereocenters. The summed E-state index contributed by atoms with van der Waals surface area (Å²) in [5.74, 6) is -5.19. The molecule has 0 saturated carbocycles. The fourth-order valence-electron chi connectivity index (χ4n) is 1.57. The molecule has 0 saturated heterocycles. The van der Waals surface area contributed by atoms with E-state index >= 15 is 0 Å². The highest BCUT2D eigenvalue weighted by Gasteiger charge is 2.56. The second-order valence-electron chi connectivity index (χ2n) is 6.36. The first-order valence-electron chi connectivity index (χ1n) is 6.92. The maximum Gasteiger partial charge on any atom is 0.448 e. The third-order valence-corrected chi connectivity index (χ3v) is 3.38. The van der Waals surface area contributed by atoms with Crippen molar-refractivity contribution < 1.29 is 32.2 Å². The van der Waals surface area contributed by atoms with Gasteiger partial charge in [-0.05, 0) is 32.6 Å². The first-order chi connectivity index (χ1) is 9.23. The summed E-state index contributed by atoms with van der Waals surface area (Å²) in [6.07, 6.45) is -7.61. The highest BCUT2D eigenvalue weighted by atomic mass is 19.4. The second-order valence-corrected chi connectivity index (χ2v) is 6.36. The Morgan fingerprint density at radius 3 is 2.00 bits per heavy atom. The van der Waals surface area contributed by atoms with Gasteiger partial charge >= 0.3 is 18.0 Å². The summed E-state index contributed by atoms with van der Waals surface area (Å²) in [6, 6.07) is 0. The molecule has 0 aliphatic heterocycles. The van der Waals surface area contributed by atoms with Crippen LogP contribution in [0.25, 0.3) is 0 Å². The van der Waals surface area contributed by atoms with Gasteiger partial charge in [-0.3, -0.25) is 4.79 Å². The number of rotatable bonds is 7. The van der Waals surface area contributed by atoms with Crippen molar-refractivity contribution in [3.05, 3.63) is 0 Å². The van der Waals surface area contributed by atoms with Crippen LogP contribution in [0.3, 0.4) is 0 Å². The van der Waals surface area contributed by atoms with E-state index in [1.165, 1.54) is 0 Å². The first-order valence-corrected chi connectivity index (χ1v) is 6.92. The summed E-state index contributed by atoms with van der Waals surface area (Å²) in [5.41, 5.74) is -0.873. The molecule has 0 aromatic heterocycles. The van der Waals surface area contributed by atoms with Crippen LogP contribution in [0.5, 0.6) is 0 Å². The lowest BCUT2D eigenvalue weighted by molar-refractivity contribution is -0.323. The van der Waals surface area contributed by atoms with Gasteiger partial charge in [0.2, 0.25) is 0 Å². The Kier molecular flexibility index (Phi) is 6.66. The van der Waals surface area contributed by atoms with Crippen LogP contribution < -0.4 is 0 Å². The van der Waals surface area contributed by atoms with E-state index < -0.39 is 35.9 Å². The smallest absolute Gasteiger partial charge is 0.448 e. The van der Waals surface area contributed by atoms with E-state index in [9.17, 15) is 22.4 Å². The van der Waals surface area contributed by atoms with E-state index in [-0.39, 0.29) is 12.3 Å². The maximum absolute atomic E-state index is 13.4. The van der Waals surface area contributed by atoms with E-state index in [0.717, 1.165) is 0 Å². The summed E-state index contributed by atoms with van der Waals surface area (Å²) < 4.78 is 55.6. The number of carbonyl (C=O) groups excluding carboxylic acids is 1. The number of aliphatic hydroxyl groups is 1. The molecule has 21 heavy (non-hydrogen) atoms. The Morgan fingerprint density at radius 2 is 1.67 bits per heavy atom. The van der Waals surface area contributed by atoms with Crippen molar-refractivity contribution in [2.45, 2.75) is 72.0 Å². The SMILES string of the molecule is CCC(C)(C)C(=O)OC(CC(C)C)CC(O)(F)C(F)(F)F. The second kappa shape index (κ2) is 6.94. The van der Waals surface area contributed by atoms with E-state index in [2.05, 4.69) is 0 Å². The van der Waals surface area contributed by atoms with Crippen molar-refractivity contribution in [2.75, 3.05) is 0 Å². The van der Waals surface area contributed by atoms with Crippen molar-refractivity contribution >= 4 is 5.97 Å². The summed E-state index contributed by atoms with van der Waals surface area (Å²) in [4.78, 5) is 11.9. The standard InChI is InChI=1S/C14H24F4O3/c1-6-12(4,5)11(19)21-10(7-9(2)3)8-13(15,20)14(16,17)18/h9-10,20H,6-8H2,1-5H3. The summed E-state index contributed by atoms with van der Waals surface area (Å²) >= 11 is 0. The molecule has 0 rings (SSSR count). The number of ether oxygens (including phenoxy) is 1. The average Bonchev–Trinajstić information content (AvgIpc) is 2.25. The zero-order valence-electron chi connectivity index (χ0n) is 13.1. The normalized spacial score (nSPS) is 17.5. The van der Waals surface area contributed by atoms with Crippen LogP contribution in [-0.4, -0.2) is 29.2 Å². The molecule has 7 heteroatoms. The van der Waals surface area contributed by atoms with Crippen LogP contribution in [-0.2, 0) is 9.53 Å². The Bertz CT molecular complexity index is 349. The van der Waals surface area contributed by atoms with E-state index in [1.807, 2.05) is 0 Å². The van der Waals surface area contributed by atoms with Gasteiger partial charge in [0, 0.05) is 0 Å². The molecular weight excluding hydrogens is 292 g/mol. The number of alkyl halides is 4. The Hall–Kier alpha value is -0.850. The molecule has 2 atom stereocenters. The number of halogens is 4. The topological polar surface area (TPSA) is 46.5 Å². The quantitative estimate of drug-likeness (QED) is 0.570. The molecular formula is C14H24F4O3. The summed E-state index contributed by atoms with van der Waals surface area (Å²) in [6.45, 7) is 8.33. The molecule has 1 N–H and O–H groups in total. The molecule has 0 aliphatic rings. The molecule has 0 amide bonds. The van der Waals surface area contributed by atoms with Crippen LogP contribution in [0.4, 0.5) is 17.6 Å². The lowest BCUT2D eigenvalue weighted by Crippen LogP contribution is -2.45. The van der Waals surface area contributed by atoms with Crippen LogP contribution >= 0.6 is 0 Å². The largest absolute Gasteiger partial charge is 0.462 e. The minimum atomic E-state index is -5.42. The number of esters is 1. The molecule has 0 heterocycles. The van der Waals surface area contributed by atoms with Crippen molar-refractivity contribution in [2.24, 2.45) is 11.3 Å². The predicted octanol–water partition coefficient (Wildman–Crippen LogP) is 3.99. The highest BCUT2D eigenvalue weighted by molar-refractivity contribution is 5.76. The lowest BCUT2D eigenvalue weighted by atomic mass is 9.90. The third kappa shape index (κ3) is 6.20. The van der Waals surface area contributed by atoms with Crippen LogP contribution in [0.15, 0.2) is 0 Å². The zero-order valence-corrected chi connectivity index (χ0v) is 13.1. The van der Waals surface area contributed by atoms with Crippen LogP contribution in [0.1, 0.15) is 53.9 Å². The van der Waals surface area contributed by atoms with Crippen LogP contribution in [0.2, 0.25) is 0 Å². The lowest BCUT2D eigenvalue weighted by Gasteiger charge is -2.30. The van der Waals surface area contributed by atoms with Gasteiger partial charge in [-0.2, -0.15) is 13.2 Å². The van der Waals surface area contributed by atoms with Gasteiger partial charge in [0.1, 0.15) is 6.10 Å². The van der Waals surface area contributed by atoms with Crippen molar-refractivity contribution in [1.82, 2.24) is 0 Å². The van der Waals surface area contributed by atoms with Crippen molar-refractivity contribution in [3.8, 4) is 0 Å². The molecule has 0 spiro atoms. The molecule has 0 fully saturated rings. The summed E-state index contributed by atoms with van der Waals surface area (Å²) in [7, 11) is 0. The fourth-order valence-corrected chi connectivity index (χ4v) is 1.57. The highest BCUT2D eigenvalue weighted by Crippen LogP contribution is 2.37. The van der Waals surface area contributed by atoms with Crippen molar-refractivity contribution in [1.29, 1.82) is 0 Å². The molecule has 126 valence electrons. The molecule has 0 aliphatic carbocycles. The van der Waals surface area contributed by atoms with Crippen molar-refractivity contribution in [3.63, 3.8) is 0 Å². The third-order valence-electron chi connectivity index (χ3n) is 3.38. The van der Waals surface area contributed by atoms with Gasteiger partial charge in [0.05, 0.1) is 11.8 Å². The Morgan fingerprint density at radius 1 is 1.19 bits per heavy atom. The molecule has 0 bridgehead atoms. The monoisotopic (exact) mass is 316 g/mol. The van der Waals surface area contributed by atoms with Gasteiger partial charge in [0.15, 0.2) is 0 Å². The molecule has 3 nitrogen and oxygen atoms in total. The van der Waals surface area contributed by atoms with E-state index in [0.29, 0.717) is 6.42 Å². The average molecular weight is 316 g/mol. The fraction of sp³-hybridized carbons (Fsp3) is 0.929. The van der Waals surface area contributed by atoms with Gasteiger partial charge in [-0.1, -0.05) is 20.8 Å². The Balaban J connectivity index is 5.03. The first kappa shape index (κ1) is 20.1. The number of carbonyl (C=O) groups is 1.